The molecule has 29 heavy (non-hydrogen) atoms. The Morgan fingerprint density at radius 2 is 2.10 bits per heavy atom. The Morgan fingerprint density at radius 3 is 2.86 bits per heavy atom. The van der Waals surface area contributed by atoms with Crippen LogP contribution >= 0.6 is 0 Å². The number of nitrogens with two attached hydrogens (primary N) is 1. The number of aryl methyl sites for hydroxylation is 1. The normalized spacial score (nSPS) is 15.9. The predicted octanol–water partition coefficient (Wildman–Crippen LogP) is 2.47. The number of fused-ring (bicyclic) bond motifs is 1. The molecule has 0 spiro atoms. The maximum Gasteiger partial charge on any atom is 0.247 e. The van der Waals surface area contributed by atoms with Crippen molar-refractivity contribution < 1.29 is 14.3 Å². The summed E-state index contributed by atoms with van der Waals surface area (Å²) in [6.07, 6.45) is 4.87. The van der Waals surface area contributed by atoms with E-state index >= 15 is 0 Å². The summed E-state index contributed by atoms with van der Waals surface area (Å²) in [5, 5.41) is 2.94. The Bertz CT molecular complexity index is 1030. The van der Waals surface area contributed by atoms with E-state index in [-0.39, 0.29) is 17.8 Å². The zero-order valence-electron chi connectivity index (χ0n) is 16.5. The van der Waals surface area contributed by atoms with Gasteiger partial charge in [-0.25, -0.2) is 15.0 Å². The quantitative estimate of drug-likeness (QED) is 0.680. The number of hydrogen-bond donors (Lipinski definition) is 2. The molecule has 1 amide bonds. The van der Waals surface area contributed by atoms with Gasteiger partial charge in [0.15, 0.2) is 11.5 Å². The van der Waals surface area contributed by atoms with E-state index in [2.05, 4.69) is 20.3 Å². The molecule has 1 unspecified atom stereocenters. The SMILES string of the molecule is Cc1cc(NC(=O)C(C)n2cnc3c(N)ncnc32)ccc1OC1CCOCC1. The van der Waals surface area contributed by atoms with E-state index in [9.17, 15) is 4.79 Å². The number of amides is 1. The van der Waals surface area contributed by atoms with Crippen molar-refractivity contribution in [2.24, 2.45) is 0 Å². The third kappa shape index (κ3) is 4.00. The Kier molecular flexibility index (Phi) is 5.30. The van der Waals surface area contributed by atoms with E-state index in [1.165, 1.54) is 6.33 Å². The molecule has 1 aliphatic heterocycles. The molecule has 152 valence electrons. The number of ether oxygens (including phenoxy) is 2. The van der Waals surface area contributed by atoms with Crippen LogP contribution in [0.2, 0.25) is 0 Å². The maximum absolute atomic E-state index is 12.8. The van der Waals surface area contributed by atoms with Crippen LogP contribution in [0.1, 0.15) is 31.4 Å². The maximum atomic E-state index is 12.8. The molecule has 1 aliphatic rings. The van der Waals surface area contributed by atoms with Crippen LogP contribution in [0, 0.1) is 6.92 Å². The van der Waals surface area contributed by atoms with Gasteiger partial charge in [0.1, 0.15) is 29.7 Å². The number of carbonyl (C=O) groups excluding carboxylic acids is 1. The molecule has 0 aliphatic carbocycles. The Labute approximate surface area is 168 Å². The Balaban J connectivity index is 1.46. The molecule has 0 bridgehead atoms. The number of nitrogen functional groups attached to an aromatic ring is 1. The molecular formula is C20H24N6O3. The summed E-state index contributed by atoms with van der Waals surface area (Å²) in [6, 6.07) is 5.13. The number of carbonyl (C=O) groups is 1. The van der Waals surface area contributed by atoms with Gasteiger partial charge in [-0.2, -0.15) is 0 Å². The van der Waals surface area contributed by atoms with Gasteiger partial charge < -0.3 is 25.1 Å². The zero-order valence-corrected chi connectivity index (χ0v) is 16.5. The second-order valence-corrected chi connectivity index (χ2v) is 7.16. The summed E-state index contributed by atoms with van der Waals surface area (Å²) in [4.78, 5) is 25.1. The molecule has 9 nitrogen and oxygen atoms in total. The van der Waals surface area contributed by atoms with Crippen LogP contribution in [-0.2, 0) is 9.53 Å². The van der Waals surface area contributed by atoms with E-state index in [4.69, 9.17) is 15.2 Å². The molecule has 2 aromatic heterocycles. The highest BCUT2D eigenvalue weighted by molar-refractivity contribution is 5.94. The summed E-state index contributed by atoms with van der Waals surface area (Å²) in [6.45, 7) is 5.21. The number of rotatable bonds is 5. The first kappa shape index (κ1) is 19.1. The lowest BCUT2D eigenvalue weighted by Crippen LogP contribution is -2.26. The first-order chi connectivity index (χ1) is 14.0. The van der Waals surface area contributed by atoms with E-state index < -0.39 is 6.04 Å². The minimum absolute atomic E-state index is 0.173. The van der Waals surface area contributed by atoms with Crippen molar-refractivity contribution in [1.82, 2.24) is 19.5 Å². The van der Waals surface area contributed by atoms with Gasteiger partial charge >= 0.3 is 0 Å². The van der Waals surface area contributed by atoms with Gasteiger partial charge in [0.25, 0.3) is 0 Å². The number of benzene rings is 1. The number of nitrogens with zero attached hydrogens (tertiary/aromatic N) is 4. The zero-order chi connectivity index (χ0) is 20.4. The van der Waals surface area contributed by atoms with Crippen molar-refractivity contribution in [3.63, 3.8) is 0 Å². The van der Waals surface area contributed by atoms with Crippen molar-refractivity contribution in [3.05, 3.63) is 36.4 Å². The largest absolute Gasteiger partial charge is 0.490 e. The van der Waals surface area contributed by atoms with E-state index in [1.54, 1.807) is 17.8 Å². The lowest BCUT2D eigenvalue weighted by Gasteiger charge is -2.24. The summed E-state index contributed by atoms with van der Waals surface area (Å²) in [7, 11) is 0. The fourth-order valence-electron chi connectivity index (χ4n) is 3.36. The van der Waals surface area contributed by atoms with Crippen LogP contribution in [0.3, 0.4) is 0 Å². The monoisotopic (exact) mass is 396 g/mol. The molecule has 3 heterocycles. The van der Waals surface area contributed by atoms with Crippen LogP contribution in [0.15, 0.2) is 30.9 Å². The molecule has 9 heteroatoms. The van der Waals surface area contributed by atoms with Crippen LogP contribution in [0.5, 0.6) is 5.75 Å². The summed E-state index contributed by atoms with van der Waals surface area (Å²) >= 11 is 0. The van der Waals surface area contributed by atoms with Crippen molar-refractivity contribution in [2.45, 2.75) is 38.8 Å². The van der Waals surface area contributed by atoms with Crippen LogP contribution in [0.25, 0.3) is 11.2 Å². The standard InChI is InChI=1S/C20H24N6O3/c1-12-9-14(3-4-16(12)29-15-5-7-28-8-6-15)25-20(27)13(2)26-11-24-17-18(21)22-10-23-19(17)26/h3-4,9-11,13,15H,5-8H2,1-2H3,(H,25,27)(H2,21,22,23). The van der Waals surface area contributed by atoms with Gasteiger partial charge in [-0.1, -0.05) is 0 Å². The lowest BCUT2D eigenvalue weighted by molar-refractivity contribution is -0.118. The first-order valence-electron chi connectivity index (χ1n) is 9.62. The number of aromatic nitrogens is 4. The molecule has 3 aromatic rings. The molecule has 1 saturated heterocycles. The van der Waals surface area contributed by atoms with Gasteiger partial charge in [0, 0.05) is 18.5 Å². The minimum atomic E-state index is -0.521. The number of anilines is 2. The van der Waals surface area contributed by atoms with Crippen molar-refractivity contribution in [1.29, 1.82) is 0 Å². The highest BCUT2D eigenvalue weighted by Gasteiger charge is 2.20. The average molecular weight is 396 g/mol. The van der Waals surface area contributed by atoms with Gasteiger partial charge in [-0.3, -0.25) is 4.79 Å². The fraction of sp³-hybridized carbons (Fsp3) is 0.400. The third-order valence-electron chi connectivity index (χ3n) is 5.09. The first-order valence-corrected chi connectivity index (χ1v) is 9.62. The van der Waals surface area contributed by atoms with Crippen LogP contribution < -0.4 is 15.8 Å². The lowest BCUT2D eigenvalue weighted by atomic mass is 10.1. The molecule has 0 radical (unpaired) electrons. The number of imidazole rings is 1. The van der Waals surface area contributed by atoms with E-state index in [0.717, 1.165) is 37.4 Å². The predicted molar refractivity (Wildman–Crippen MR) is 109 cm³/mol. The van der Waals surface area contributed by atoms with E-state index in [0.29, 0.717) is 16.9 Å². The van der Waals surface area contributed by atoms with Crippen molar-refractivity contribution in [3.8, 4) is 5.75 Å². The van der Waals surface area contributed by atoms with Crippen molar-refractivity contribution >= 4 is 28.6 Å². The summed E-state index contributed by atoms with van der Waals surface area (Å²) in [5.41, 5.74) is 8.50. The van der Waals surface area contributed by atoms with Crippen molar-refractivity contribution in [2.75, 3.05) is 24.3 Å². The second kappa shape index (κ2) is 8.04. The Morgan fingerprint density at radius 1 is 1.31 bits per heavy atom. The molecule has 1 atom stereocenters. The minimum Gasteiger partial charge on any atom is -0.490 e. The summed E-state index contributed by atoms with van der Waals surface area (Å²) in [5.74, 6) is 0.937. The molecule has 4 rings (SSSR count). The molecule has 0 saturated carbocycles. The third-order valence-corrected chi connectivity index (χ3v) is 5.09. The topological polar surface area (TPSA) is 117 Å². The second-order valence-electron chi connectivity index (χ2n) is 7.16. The van der Waals surface area contributed by atoms with E-state index in [1.807, 2.05) is 25.1 Å². The highest BCUT2D eigenvalue weighted by Crippen LogP contribution is 2.26. The summed E-state index contributed by atoms with van der Waals surface area (Å²) < 4.78 is 13.1. The number of hydrogen-bond acceptors (Lipinski definition) is 7. The van der Waals surface area contributed by atoms with Crippen LogP contribution in [0.4, 0.5) is 11.5 Å². The molecule has 1 fully saturated rings. The molecule has 1 aromatic carbocycles. The Hall–Kier alpha value is -3.20. The van der Waals surface area contributed by atoms with Gasteiger partial charge in [0.2, 0.25) is 5.91 Å². The number of nitrogens with one attached hydrogen (secondary N) is 1. The highest BCUT2D eigenvalue weighted by atomic mass is 16.5. The fourth-order valence-corrected chi connectivity index (χ4v) is 3.36. The molecular weight excluding hydrogens is 372 g/mol. The van der Waals surface area contributed by atoms with Gasteiger partial charge in [-0.15, -0.1) is 0 Å². The average Bonchev–Trinajstić information content (AvgIpc) is 3.16. The molecule has 3 N–H and O–H groups in total. The smallest absolute Gasteiger partial charge is 0.247 e. The van der Waals surface area contributed by atoms with Gasteiger partial charge in [-0.05, 0) is 37.6 Å². The van der Waals surface area contributed by atoms with Crippen LogP contribution in [-0.4, -0.2) is 44.7 Å². The van der Waals surface area contributed by atoms with Gasteiger partial charge in [0.05, 0.1) is 19.5 Å².